The lowest BCUT2D eigenvalue weighted by Gasteiger charge is -2.05. The first-order valence-electron chi connectivity index (χ1n) is 5.47. The van der Waals surface area contributed by atoms with E-state index in [1.807, 2.05) is 26.0 Å². The van der Waals surface area contributed by atoms with Crippen LogP contribution in [0.5, 0.6) is 0 Å². The summed E-state index contributed by atoms with van der Waals surface area (Å²) in [7, 11) is 0. The van der Waals surface area contributed by atoms with Gasteiger partial charge in [-0.1, -0.05) is 6.92 Å². The van der Waals surface area contributed by atoms with Gasteiger partial charge in [-0.3, -0.25) is 9.78 Å². The Balaban J connectivity index is 2.97. The van der Waals surface area contributed by atoms with Crippen LogP contribution in [-0.2, 0) is 16.0 Å². The van der Waals surface area contributed by atoms with Crippen molar-refractivity contribution < 1.29 is 9.53 Å². The van der Waals surface area contributed by atoms with Gasteiger partial charge in [0.15, 0.2) is 11.5 Å². The van der Waals surface area contributed by atoms with Gasteiger partial charge < -0.3 is 4.74 Å². The summed E-state index contributed by atoms with van der Waals surface area (Å²) in [6.07, 6.45) is 4.38. The summed E-state index contributed by atoms with van der Waals surface area (Å²) in [4.78, 5) is 15.5. The Labute approximate surface area is 96.2 Å². The van der Waals surface area contributed by atoms with Crippen molar-refractivity contribution in [3.8, 4) is 0 Å². The Morgan fingerprint density at radius 2 is 2.25 bits per heavy atom. The number of carbonyl (C=O) groups excluding carboxylic acids is 1. The van der Waals surface area contributed by atoms with Gasteiger partial charge in [-0.25, -0.2) is 0 Å². The van der Waals surface area contributed by atoms with E-state index >= 15 is 0 Å². The molecule has 16 heavy (non-hydrogen) atoms. The lowest BCUT2D eigenvalue weighted by Crippen LogP contribution is -2.01. The maximum Gasteiger partial charge on any atom is 0.194 e. The third-order valence-electron chi connectivity index (χ3n) is 2.15. The number of allylic oxidation sites excluding steroid dienone is 1. The lowest BCUT2D eigenvalue weighted by atomic mass is 10.1. The van der Waals surface area contributed by atoms with Crippen molar-refractivity contribution in [2.24, 2.45) is 0 Å². The molecule has 0 radical (unpaired) electrons. The second kappa shape index (κ2) is 6.05. The van der Waals surface area contributed by atoms with Crippen LogP contribution in [0.3, 0.4) is 0 Å². The number of rotatable bonds is 5. The number of nitrogens with zero attached hydrogens (tertiary/aromatic N) is 1. The fraction of sp³-hybridized carbons (Fsp3) is 0.385. The van der Waals surface area contributed by atoms with E-state index < -0.39 is 0 Å². The van der Waals surface area contributed by atoms with E-state index in [0.29, 0.717) is 12.4 Å². The normalized spacial score (nSPS) is 11.3. The smallest absolute Gasteiger partial charge is 0.194 e. The molecule has 0 amide bonds. The van der Waals surface area contributed by atoms with E-state index in [-0.39, 0.29) is 5.78 Å². The minimum Gasteiger partial charge on any atom is -0.490 e. The molecule has 3 heteroatoms. The third-order valence-corrected chi connectivity index (χ3v) is 2.15. The molecule has 1 aromatic heterocycles. The van der Waals surface area contributed by atoms with E-state index in [1.54, 1.807) is 12.3 Å². The quantitative estimate of drug-likeness (QED) is 0.564. The SMILES string of the molecule is CCOC(=Cc1ccnc(CC)c1)C(C)=O. The van der Waals surface area contributed by atoms with E-state index in [2.05, 4.69) is 4.98 Å². The van der Waals surface area contributed by atoms with Gasteiger partial charge in [0.1, 0.15) is 0 Å². The number of ether oxygens (including phenoxy) is 1. The van der Waals surface area contributed by atoms with Crippen LogP contribution < -0.4 is 0 Å². The predicted molar refractivity (Wildman–Crippen MR) is 63.9 cm³/mol. The first-order chi connectivity index (χ1) is 7.67. The molecule has 0 aliphatic rings. The number of hydrogen-bond donors (Lipinski definition) is 0. The minimum absolute atomic E-state index is 0.0586. The average Bonchev–Trinajstić information content (AvgIpc) is 2.28. The molecule has 0 atom stereocenters. The average molecular weight is 219 g/mol. The highest BCUT2D eigenvalue weighted by Gasteiger charge is 2.04. The highest BCUT2D eigenvalue weighted by molar-refractivity contribution is 5.95. The van der Waals surface area contributed by atoms with Crippen LogP contribution in [0.15, 0.2) is 24.1 Å². The monoisotopic (exact) mass is 219 g/mol. The molecule has 0 aliphatic carbocycles. The fourth-order valence-electron chi connectivity index (χ4n) is 1.33. The molecule has 0 saturated heterocycles. The number of Topliss-reactive ketones (excluding diaryl/α,β-unsaturated/α-hetero) is 1. The van der Waals surface area contributed by atoms with Crippen molar-refractivity contribution in [1.82, 2.24) is 4.98 Å². The van der Waals surface area contributed by atoms with Crippen LogP contribution >= 0.6 is 0 Å². The number of ketones is 1. The highest BCUT2D eigenvalue weighted by Crippen LogP contribution is 2.10. The summed E-state index contributed by atoms with van der Waals surface area (Å²) in [6, 6.07) is 3.82. The van der Waals surface area contributed by atoms with E-state index in [1.165, 1.54) is 6.92 Å². The zero-order valence-corrected chi connectivity index (χ0v) is 9.99. The maximum atomic E-state index is 11.3. The summed E-state index contributed by atoms with van der Waals surface area (Å²) in [5, 5.41) is 0. The Kier molecular flexibility index (Phi) is 4.70. The molecule has 1 heterocycles. The molecule has 0 aliphatic heterocycles. The second-order valence-electron chi connectivity index (χ2n) is 3.43. The van der Waals surface area contributed by atoms with Gasteiger partial charge in [0.2, 0.25) is 0 Å². The number of aromatic nitrogens is 1. The van der Waals surface area contributed by atoms with Gasteiger partial charge in [0, 0.05) is 18.8 Å². The second-order valence-corrected chi connectivity index (χ2v) is 3.43. The molecule has 0 spiro atoms. The summed E-state index contributed by atoms with van der Waals surface area (Å²) in [5.74, 6) is 0.340. The Bertz CT molecular complexity index is 397. The highest BCUT2D eigenvalue weighted by atomic mass is 16.5. The molecule has 86 valence electrons. The number of hydrogen-bond acceptors (Lipinski definition) is 3. The van der Waals surface area contributed by atoms with Crippen LogP contribution in [0.25, 0.3) is 6.08 Å². The molecule has 1 aromatic rings. The van der Waals surface area contributed by atoms with Gasteiger partial charge in [-0.15, -0.1) is 0 Å². The van der Waals surface area contributed by atoms with E-state index in [9.17, 15) is 4.79 Å². The van der Waals surface area contributed by atoms with E-state index in [4.69, 9.17) is 4.74 Å². The minimum atomic E-state index is -0.0586. The zero-order valence-electron chi connectivity index (χ0n) is 9.99. The van der Waals surface area contributed by atoms with Gasteiger partial charge in [0.05, 0.1) is 6.61 Å². The standard InChI is InChI=1S/C13H17NO2/c1-4-12-8-11(6-7-14-12)9-13(10(3)15)16-5-2/h6-9H,4-5H2,1-3H3. The molecule has 0 unspecified atom stereocenters. The van der Waals surface area contributed by atoms with Crippen molar-refractivity contribution in [2.75, 3.05) is 6.61 Å². The Hall–Kier alpha value is -1.64. The van der Waals surface area contributed by atoms with Crippen molar-refractivity contribution in [2.45, 2.75) is 27.2 Å². The first-order valence-corrected chi connectivity index (χ1v) is 5.47. The fourth-order valence-corrected chi connectivity index (χ4v) is 1.33. The molecule has 0 aromatic carbocycles. The van der Waals surface area contributed by atoms with E-state index in [0.717, 1.165) is 17.7 Å². The molecule has 0 N–H and O–H groups in total. The van der Waals surface area contributed by atoms with Gasteiger partial charge in [0.25, 0.3) is 0 Å². The van der Waals surface area contributed by atoms with Crippen molar-refractivity contribution in [3.05, 3.63) is 35.3 Å². The van der Waals surface area contributed by atoms with Gasteiger partial charge >= 0.3 is 0 Å². The third kappa shape index (κ3) is 3.50. The van der Waals surface area contributed by atoms with Crippen LogP contribution in [-0.4, -0.2) is 17.4 Å². The Morgan fingerprint density at radius 3 is 2.81 bits per heavy atom. The van der Waals surface area contributed by atoms with Gasteiger partial charge in [-0.2, -0.15) is 0 Å². The molecule has 3 nitrogen and oxygen atoms in total. The molecular weight excluding hydrogens is 202 g/mol. The van der Waals surface area contributed by atoms with Crippen LogP contribution in [0.4, 0.5) is 0 Å². The number of aryl methyl sites for hydroxylation is 1. The van der Waals surface area contributed by atoms with Crippen molar-refractivity contribution in [3.63, 3.8) is 0 Å². The zero-order chi connectivity index (χ0) is 12.0. The van der Waals surface area contributed by atoms with Crippen molar-refractivity contribution in [1.29, 1.82) is 0 Å². The predicted octanol–water partition coefficient (Wildman–Crippen LogP) is 2.61. The lowest BCUT2D eigenvalue weighted by molar-refractivity contribution is -0.116. The first kappa shape index (κ1) is 12.4. The molecule has 0 fully saturated rings. The molecular formula is C13H17NO2. The summed E-state index contributed by atoms with van der Waals surface area (Å²) in [5.41, 5.74) is 1.96. The van der Waals surface area contributed by atoms with Crippen molar-refractivity contribution >= 4 is 11.9 Å². The van der Waals surface area contributed by atoms with Crippen LogP contribution in [0.2, 0.25) is 0 Å². The Morgan fingerprint density at radius 1 is 1.50 bits per heavy atom. The molecule has 0 saturated carbocycles. The largest absolute Gasteiger partial charge is 0.490 e. The number of pyridine rings is 1. The summed E-state index contributed by atoms with van der Waals surface area (Å²) < 4.78 is 5.27. The molecule has 1 rings (SSSR count). The topological polar surface area (TPSA) is 39.2 Å². The summed E-state index contributed by atoms with van der Waals surface area (Å²) >= 11 is 0. The molecule has 0 bridgehead atoms. The maximum absolute atomic E-state index is 11.3. The summed E-state index contributed by atoms with van der Waals surface area (Å²) in [6.45, 7) is 5.91. The van der Waals surface area contributed by atoms with Crippen LogP contribution in [0.1, 0.15) is 32.0 Å². The van der Waals surface area contributed by atoms with Crippen LogP contribution in [0, 0.1) is 0 Å². The number of carbonyl (C=O) groups is 1. The van der Waals surface area contributed by atoms with Gasteiger partial charge in [-0.05, 0) is 37.1 Å².